The van der Waals surface area contributed by atoms with Crippen LogP contribution >= 0.6 is 0 Å². The molecule has 5 rings (SSSR count). The molecule has 0 saturated carbocycles. The van der Waals surface area contributed by atoms with Crippen molar-refractivity contribution in [1.29, 1.82) is 0 Å². The molecule has 4 aromatic rings. The quantitative estimate of drug-likeness (QED) is 0.406. The van der Waals surface area contributed by atoms with Gasteiger partial charge in [0.1, 0.15) is 5.75 Å². The summed E-state index contributed by atoms with van der Waals surface area (Å²) in [5.41, 5.74) is 2.34. The molecule has 37 heavy (non-hydrogen) atoms. The van der Waals surface area contributed by atoms with Gasteiger partial charge in [0.15, 0.2) is 5.82 Å². The van der Waals surface area contributed by atoms with Gasteiger partial charge in [0.25, 0.3) is 5.91 Å². The largest absolute Gasteiger partial charge is 0.435 e. The van der Waals surface area contributed by atoms with Crippen molar-refractivity contribution >= 4 is 16.9 Å². The van der Waals surface area contributed by atoms with Crippen LogP contribution in [-0.2, 0) is 4.74 Å². The lowest BCUT2D eigenvalue weighted by atomic mass is 10.1. The summed E-state index contributed by atoms with van der Waals surface area (Å²) >= 11 is 0. The van der Waals surface area contributed by atoms with Crippen LogP contribution < -0.4 is 10.1 Å². The van der Waals surface area contributed by atoms with Gasteiger partial charge in [0, 0.05) is 18.0 Å². The third kappa shape index (κ3) is 5.11. The molecule has 0 bridgehead atoms. The number of carbonyl (C=O) groups is 1. The van der Waals surface area contributed by atoms with E-state index in [0.29, 0.717) is 40.9 Å². The lowest BCUT2D eigenvalue weighted by Gasteiger charge is -2.24. The Morgan fingerprint density at radius 3 is 2.68 bits per heavy atom. The Morgan fingerprint density at radius 1 is 1.16 bits per heavy atom. The molecule has 192 valence electrons. The van der Waals surface area contributed by atoms with Crippen LogP contribution in [0.5, 0.6) is 5.75 Å². The minimum absolute atomic E-state index is 0.0170. The number of alkyl halides is 2. The third-order valence-electron chi connectivity index (χ3n) is 6.13. The summed E-state index contributed by atoms with van der Waals surface area (Å²) in [6, 6.07) is 7.64. The van der Waals surface area contributed by atoms with Gasteiger partial charge in [-0.2, -0.15) is 8.78 Å². The van der Waals surface area contributed by atoms with Crippen molar-refractivity contribution in [2.24, 2.45) is 0 Å². The van der Waals surface area contributed by atoms with Crippen LogP contribution in [0.25, 0.3) is 28.1 Å². The van der Waals surface area contributed by atoms with E-state index in [4.69, 9.17) is 4.74 Å². The van der Waals surface area contributed by atoms with Crippen molar-refractivity contribution in [2.75, 3.05) is 27.3 Å². The molecule has 1 N–H and O–H groups in total. The molecule has 0 unspecified atom stereocenters. The second-order valence-electron chi connectivity index (χ2n) is 8.76. The SMILES string of the molecule is CN(C)[C@H]1COC[C@@H]1NC(=O)c1cnc2c(-c3cccc(OC(F)F)c3)cn(-c3ncc(F)cn3)c2c1. The molecule has 4 heterocycles. The van der Waals surface area contributed by atoms with Gasteiger partial charge in [-0.3, -0.25) is 14.3 Å². The molecule has 12 heteroatoms. The van der Waals surface area contributed by atoms with Gasteiger partial charge in [-0.15, -0.1) is 0 Å². The van der Waals surface area contributed by atoms with Crippen LogP contribution in [-0.4, -0.2) is 76.3 Å². The van der Waals surface area contributed by atoms with Gasteiger partial charge >= 0.3 is 6.61 Å². The first-order valence-electron chi connectivity index (χ1n) is 11.4. The van der Waals surface area contributed by atoms with Gasteiger partial charge in [0.05, 0.1) is 54.3 Å². The second-order valence-corrected chi connectivity index (χ2v) is 8.76. The maximum Gasteiger partial charge on any atom is 0.387 e. The normalized spacial score (nSPS) is 17.6. The number of nitrogens with zero attached hydrogens (tertiary/aromatic N) is 5. The minimum atomic E-state index is -2.97. The number of hydrogen-bond donors (Lipinski definition) is 1. The first kappa shape index (κ1) is 24.7. The van der Waals surface area contributed by atoms with E-state index in [1.54, 1.807) is 29.0 Å². The summed E-state index contributed by atoms with van der Waals surface area (Å²) < 4.78 is 50.7. The fourth-order valence-corrected chi connectivity index (χ4v) is 4.32. The highest BCUT2D eigenvalue weighted by Gasteiger charge is 2.31. The number of rotatable bonds is 7. The Labute approximate surface area is 209 Å². The van der Waals surface area contributed by atoms with E-state index in [1.165, 1.54) is 18.3 Å². The average Bonchev–Trinajstić information content (AvgIpc) is 3.49. The molecule has 1 fully saturated rings. The molecular formula is C25H23F3N6O3. The molecular weight excluding hydrogens is 489 g/mol. The van der Waals surface area contributed by atoms with Gasteiger partial charge < -0.3 is 19.7 Å². The third-order valence-corrected chi connectivity index (χ3v) is 6.13. The summed E-state index contributed by atoms with van der Waals surface area (Å²) in [6.07, 6.45) is 5.14. The van der Waals surface area contributed by atoms with E-state index in [9.17, 15) is 18.0 Å². The first-order chi connectivity index (χ1) is 17.8. The number of hydrogen-bond acceptors (Lipinski definition) is 7. The van der Waals surface area contributed by atoms with Gasteiger partial charge in [-0.05, 0) is 37.9 Å². The molecule has 2 atom stereocenters. The Morgan fingerprint density at radius 2 is 1.95 bits per heavy atom. The number of aromatic nitrogens is 4. The molecule has 0 radical (unpaired) electrons. The summed E-state index contributed by atoms with van der Waals surface area (Å²) in [5.74, 6) is -0.811. The highest BCUT2D eigenvalue weighted by atomic mass is 19.3. The smallest absolute Gasteiger partial charge is 0.387 e. The first-order valence-corrected chi connectivity index (χ1v) is 11.4. The zero-order valence-corrected chi connectivity index (χ0v) is 19.9. The zero-order chi connectivity index (χ0) is 26.1. The Hall–Kier alpha value is -4.03. The number of nitrogens with one attached hydrogen (secondary N) is 1. The molecule has 3 aromatic heterocycles. The predicted octanol–water partition coefficient (Wildman–Crippen LogP) is 3.28. The second kappa shape index (κ2) is 10.1. The van der Waals surface area contributed by atoms with Crippen molar-refractivity contribution in [1.82, 2.24) is 29.7 Å². The van der Waals surface area contributed by atoms with Crippen LogP contribution in [0, 0.1) is 5.82 Å². The lowest BCUT2D eigenvalue weighted by molar-refractivity contribution is -0.0498. The van der Waals surface area contributed by atoms with Crippen LogP contribution in [0.2, 0.25) is 0 Å². The van der Waals surface area contributed by atoms with Crippen molar-refractivity contribution < 1.29 is 27.4 Å². The van der Waals surface area contributed by atoms with E-state index in [1.807, 2.05) is 19.0 Å². The number of fused-ring (bicyclic) bond motifs is 1. The number of ether oxygens (including phenoxy) is 2. The van der Waals surface area contributed by atoms with E-state index in [-0.39, 0.29) is 29.7 Å². The molecule has 0 aliphatic carbocycles. The summed E-state index contributed by atoms with van der Waals surface area (Å²) in [6.45, 7) is -2.07. The van der Waals surface area contributed by atoms with Crippen LogP contribution in [0.15, 0.2) is 55.1 Å². The standard InChI is InChI=1S/C25H23F3N6O3/c1-33(2)21-13-36-12-19(21)32-23(35)15-7-20-22(29-8-15)18(11-34(20)25-30-9-16(26)10-31-25)14-4-3-5-17(6-14)37-24(27)28/h3-11,19,21,24H,12-13H2,1-2H3,(H,32,35)/t19-,21-/m0/s1. The highest BCUT2D eigenvalue weighted by Crippen LogP contribution is 2.33. The minimum Gasteiger partial charge on any atom is -0.435 e. The van der Waals surface area contributed by atoms with Gasteiger partial charge in [-0.1, -0.05) is 12.1 Å². The molecule has 1 amide bonds. The van der Waals surface area contributed by atoms with Crippen LogP contribution in [0.3, 0.4) is 0 Å². The van der Waals surface area contributed by atoms with E-state index in [0.717, 1.165) is 12.4 Å². The van der Waals surface area contributed by atoms with E-state index < -0.39 is 12.4 Å². The molecule has 0 spiro atoms. The Balaban J connectivity index is 1.57. The fourth-order valence-electron chi connectivity index (χ4n) is 4.32. The van der Waals surface area contributed by atoms with Crippen LogP contribution in [0.1, 0.15) is 10.4 Å². The summed E-state index contributed by atoms with van der Waals surface area (Å²) in [7, 11) is 3.84. The number of pyridine rings is 1. The highest BCUT2D eigenvalue weighted by molar-refractivity contribution is 6.00. The van der Waals surface area contributed by atoms with Gasteiger partial charge in [0.2, 0.25) is 5.95 Å². The average molecular weight is 512 g/mol. The zero-order valence-electron chi connectivity index (χ0n) is 19.9. The molecule has 1 aliphatic rings. The number of benzene rings is 1. The molecule has 1 saturated heterocycles. The Kier molecular flexibility index (Phi) is 6.76. The fraction of sp³-hybridized carbons (Fsp3) is 0.280. The van der Waals surface area contributed by atoms with Crippen molar-refractivity contribution in [3.05, 3.63) is 66.5 Å². The number of carbonyl (C=O) groups excluding carboxylic acids is 1. The number of halogens is 3. The van der Waals surface area contributed by atoms with Crippen molar-refractivity contribution in [2.45, 2.75) is 18.7 Å². The van der Waals surface area contributed by atoms with Gasteiger partial charge in [-0.25, -0.2) is 14.4 Å². The number of likely N-dealkylation sites (N-methyl/N-ethyl adjacent to an activating group) is 1. The predicted molar refractivity (Wildman–Crippen MR) is 128 cm³/mol. The lowest BCUT2D eigenvalue weighted by Crippen LogP contribution is -2.48. The Bertz CT molecular complexity index is 1430. The maximum absolute atomic E-state index is 13.5. The van der Waals surface area contributed by atoms with Crippen LogP contribution in [0.4, 0.5) is 13.2 Å². The molecule has 1 aliphatic heterocycles. The summed E-state index contributed by atoms with van der Waals surface area (Å²) in [4.78, 5) is 27.7. The molecule has 1 aromatic carbocycles. The molecule has 9 nitrogen and oxygen atoms in total. The number of amides is 1. The maximum atomic E-state index is 13.5. The monoisotopic (exact) mass is 512 g/mol. The topological polar surface area (TPSA) is 94.4 Å². The van der Waals surface area contributed by atoms with Crippen molar-refractivity contribution in [3.63, 3.8) is 0 Å². The van der Waals surface area contributed by atoms with Crippen molar-refractivity contribution in [3.8, 4) is 22.8 Å². The van der Waals surface area contributed by atoms with E-state index >= 15 is 0 Å². The summed E-state index contributed by atoms with van der Waals surface area (Å²) in [5, 5.41) is 3.00. The van der Waals surface area contributed by atoms with E-state index in [2.05, 4.69) is 25.0 Å².